The number of aryl methyl sites for hydroxylation is 2. The molecule has 0 saturated heterocycles. The topological polar surface area (TPSA) is 130 Å². The van der Waals surface area contributed by atoms with Crippen molar-refractivity contribution in [1.82, 2.24) is 34.2 Å². The van der Waals surface area contributed by atoms with E-state index in [0.29, 0.717) is 51.9 Å². The van der Waals surface area contributed by atoms with Crippen LogP contribution in [0.5, 0.6) is 5.75 Å². The van der Waals surface area contributed by atoms with Crippen molar-refractivity contribution in [3.05, 3.63) is 53.1 Å². The number of methoxy groups -OCH3 is 1. The van der Waals surface area contributed by atoms with Crippen molar-refractivity contribution in [3.63, 3.8) is 0 Å². The standard InChI is InChI=1S/C29H30FN7O5/c1-14-13-41-17-7-5-15(6-8-17)22-23-25-20(11-31-27(23)33-24(22)18-12-35(2)34-26(18)30)36(3)29(39)37(25)16-9-19(21(10-16)42-14)32-28(38)40-4/h5-8,11-12,14,16,19,21H,9-10,13H2,1-4H3,(H,31,33)(H,32,38)/t14-,16+,19+,21-/m1/s1. The van der Waals surface area contributed by atoms with Gasteiger partial charge in [-0.3, -0.25) is 13.8 Å². The number of H-pyrrole nitrogens is 1. The number of amides is 1. The molecule has 0 radical (unpaired) electrons. The van der Waals surface area contributed by atoms with Gasteiger partial charge in [0.1, 0.15) is 18.0 Å². The number of hydrogen-bond donors (Lipinski definition) is 2. The van der Waals surface area contributed by atoms with E-state index in [1.54, 1.807) is 35.6 Å². The minimum Gasteiger partial charge on any atom is -0.491 e. The summed E-state index contributed by atoms with van der Waals surface area (Å²) in [6.07, 6.45) is 2.91. The lowest BCUT2D eigenvalue weighted by Gasteiger charge is -2.24. The minimum atomic E-state index is -0.626. The summed E-state index contributed by atoms with van der Waals surface area (Å²) >= 11 is 0. The fourth-order valence-corrected chi connectivity index (χ4v) is 6.40. The predicted molar refractivity (Wildman–Crippen MR) is 152 cm³/mol. The number of alkyl carbamates (subject to hydrolysis) is 1. The normalized spacial score (nSPS) is 21.9. The Kier molecular flexibility index (Phi) is 6.08. The van der Waals surface area contributed by atoms with Gasteiger partial charge in [-0.05, 0) is 37.5 Å². The number of nitrogens with zero attached hydrogens (tertiary/aromatic N) is 5. The first-order valence-corrected chi connectivity index (χ1v) is 13.8. The zero-order valence-corrected chi connectivity index (χ0v) is 23.6. The summed E-state index contributed by atoms with van der Waals surface area (Å²) in [6.45, 7) is 2.19. The molecule has 13 heteroatoms. The molecule has 5 aromatic rings. The summed E-state index contributed by atoms with van der Waals surface area (Å²) in [5.41, 5.74) is 3.85. The lowest BCUT2D eigenvalue weighted by Crippen LogP contribution is -2.42. The number of nitrogens with one attached hydrogen (secondary N) is 2. The molecule has 3 aliphatic rings. The number of ether oxygens (including phenoxy) is 3. The molecule has 1 amide bonds. The number of pyridine rings is 1. The van der Waals surface area contributed by atoms with Gasteiger partial charge in [-0.2, -0.15) is 4.39 Å². The Morgan fingerprint density at radius 3 is 2.71 bits per heavy atom. The number of rotatable bonds is 2. The Hall–Kier alpha value is -4.65. The molecule has 2 aliphatic heterocycles. The summed E-state index contributed by atoms with van der Waals surface area (Å²) in [7, 11) is 4.68. The molecule has 8 rings (SSSR count). The maximum absolute atomic E-state index is 15.1. The molecule has 6 heterocycles. The third-order valence-corrected chi connectivity index (χ3v) is 8.29. The fourth-order valence-electron chi connectivity index (χ4n) is 6.40. The number of aromatic nitrogens is 6. The minimum absolute atomic E-state index is 0.223. The number of fused-ring (bicyclic) bond motifs is 5. The van der Waals surface area contributed by atoms with Crippen LogP contribution in [0, 0.1) is 5.95 Å². The zero-order valence-electron chi connectivity index (χ0n) is 23.6. The predicted octanol–water partition coefficient (Wildman–Crippen LogP) is 3.65. The van der Waals surface area contributed by atoms with Gasteiger partial charge in [0.2, 0.25) is 5.95 Å². The van der Waals surface area contributed by atoms with E-state index in [0.717, 1.165) is 5.56 Å². The van der Waals surface area contributed by atoms with Gasteiger partial charge < -0.3 is 24.5 Å². The molecule has 218 valence electrons. The van der Waals surface area contributed by atoms with Gasteiger partial charge in [-0.15, -0.1) is 5.10 Å². The number of carbonyl (C=O) groups excluding carboxylic acids is 1. The second-order valence-corrected chi connectivity index (χ2v) is 11.0. The number of halogens is 1. The van der Waals surface area contributed by atoms with Crippen LogP contribution in [0.15, 0.2) is 41.5 Å². The molecule has 1 saturated carbocycles. The van der Waals surface area contributed by atoms with Gasteiger partial charge in [0.15, 0.2) is 0 Å². The van der Waals surface area contributed by atoms with E-state index >= 15 is 4.39 Å². The van der Waals surface area contributed by atoms with E-state index in [-0.39, 0.29) is 30.0 Å². The van der Waals surface area contributed by atoms with Crippen LogP contribution in [-0.4, -0.2) is 66.9 Å². The maximum atomic E-state index is 15.1. The zero-order chi connectivity index (χ0) is 29.3. The SMILES string of the molecule is COC(=O)N[C@H]1C[C@H]2C[C@H]1O[C@H](C)COc1ccc(cc1)-c1c(-c3cn(C)nc3F)[nH]c3ncc4c(c13)n2c(=O)n4C. The third kappa shape index (κ3) is 4.06. The monoisotopic (exact) mass is 575 g/mol. The van der Waals surface area contributed by atoms with Crippen LogP contribution in [0.25, 0.3) is 44.5 Å². The van der Waals surface area contributed by atoms with E-state index < -0.39 is 24.2 Å². The van der Waals surface area contributed by atoms with Crippen molar-refractivity contribution in [1.29, 1.82) is 0 Å². The molecule has 1 fully saturated rings. The summed E-state index contributed by atoms with van der Waals surface area (Å²) in [5.74, 6) is 0.0193. The molecule has 4 aromatic heterocycles. The first kappa shape index (κ1) is 26.3. The lowest BCUT2D eigenvalue weighted by molar-refractivity contribution is -0.0322. The molecular weight excluding hydrogens is 545 g/mol. The third-order valence-electron chi connectivity index (χ3n) is 8.29. The number of imidazole rings is 1. The van der Waals surface area contributed by atoms with Gasteiger partial charge in [-0.25, -0.2) is 14.6 Å². The Bertz CT molecular complexity index is 1900. The van der Waals surface area contributed by atoms with Gasteiger partial charge in [0.25, 0.3) is 0 Å². The highest BCUT2D eigenvalue weighted by atomic mass is 19.1. The number of carbonyl (C=O) groups is 1. The number of benzene rings is 1. The molecule has 0 unspecified atom stereocenters. The summed E-state index contributed by atoms with van der Waals surface area (Å²) in [6, 6.07) is 6.80. The van der Waals surface area contributed by atoms with Crippen LogP contribution < -0.4 is 15.7 Å². The van der Waals surface area contributed by atoms with Crippen LogP contribution in [0.4, 0.5) is 9.18 Å². The number of hydrogen-bond acceptors (Lipinski definition) is 7. The van der Waals surface area contributed by atoms with E-state index in [4.69, 9.17) is 14.2 Å². The van der Waals surface area contributed by atoms with Crippen molar-refractivity contribution in [2.45, 2.75) is 44.1 Å². The van der Waals surface area contributed by atoms with E-state index in [9.17, 15) is 9.59 Å². The average molecular weight is 576 g/mol. The molecule has 4 atom stereocenters. The van der Waals surface area contributed by atoms with Crippen LogP contribution in [0.3, 0.4) is 0 Å². The molecule has 2 N–H and O–H groups in total. The van der Waals surface area contributed by atoms with Crippen molar-refractivity contribution in [2.75, 3.05) is 13.7 Å². The van der Waals surface area contributed by atoms with Gasteiger partial charge >= 0.3 is 11.8 Å². The van der Waals surface area contributed by atoms with E-state index in [2.05, 4.69) is 20.4 Å². The molecule has 12 nitrogen and oxygen atoms in total. The number of aromatic amines is 1. The molecule has 1 aromatic carbocycles. The Morgan fingerprint density at radius 2 is 2.00 bits per heavy atom. The highest BCUT2D eigenvalue weighted by Crippen LogP contribution is 2.43. The Morgan fingerprint density at radius 1 is 1.21 bits per heavy atom. The summed E-state index contributed by atoms with van der Waals surface area (Å²) < 4.78 is 37.2. The first-order valence-electron chi connectivity index (χ1n) is 13.8. The van der Waals surface area contributed by atoms with Gasteiger partial charge in [0.05, 0.1) is 59.2 Å². The molecule has 1 aliphatic carbocycles. The van der Waals surface area contributed by atoms with Crippen LogP contribution in [0.1, 0.15) is 25.8 Å². The lowest BCUT2D eigenvalue weighted by atomic mass is 9.99. The second-order valence-electron chi connectivity index (χ2n) is 11.0. The van der Waals surface area contributed by atoms with Crippen LogP contribution in [-0.2, 0) is 23.6 Å². The maximum Gasteiger partial charge on any atom is 0.407 e. The largest absolute Gasteiger partial charge is 0.491 e. The van der Waals surface area contributed by atoms with Crippen molar-refractivity contribution >= 4 is 28.2 Å². The average Bonchev–Trinajstić information content (AvgIpc) is 3.70. The first-order chi connectivity index (χ1) is 20.2. The van der Waals surface area contributed by atoms with Crippen molar-refractivity contribution in [3.8, 4) is 28.1 Å². The molecule has 42 heavy (non-hydrogen) atoms. The fraction of sp³-hybridized carbons (Fsp3) is 0.379. The van der Waals surface area contributed by atoms with Gasteiger partial charge in [-0.1, -0.05) is 12.1 Å². The Labute approximate surface area is 239 Å². The van der Waals surface area contributed by atoms with Crippen LogP contribution >= 0.6 is 0 Å². The summed E-state index contributed by atoms with van der Waals surface area (Å²) in [5, 5.41) is 7.50. The van der Waals surface area contributed by atoms with E-state index in [1.165, 1.54) is 11.8 Å². The molecule has 0 spiro atoms. The van der Waals surface area contributed by atoms with Crippen molar-refractivity contribution < 1.29 is 23.4 Å². The van der Waals surface area contributed by atoms with Crippen LogP contribution in [0.2, 0.25) is 0 Å². The smallest absolute Gasteiger partial charge is 0.407 e. The quantitative estimate of drug-likeness (QED) is 0.329. The molecular formula is C29H30FN7O5. The Balaban J connectivity index is 1.54. The summed E-state index contributed by atoms with van der Waals surface area (Å²) in [4.78, 5) is 34.2. The molecule has 4 bridgehead atoms. The van der Waals surface area contributed by atoms with Gasteiger partial charge in [0, 0.05) is 31.9 Å². The highest BCUT2D eigenvalue weighted by molar-refractivity contribution is 6.14. The van der Waals surface area contributed by atoms with Crippen molar-refractivity contribution in [2.24, 2.45) is 14.1 Å². The second kappa shape index (κ2) is 9.72. The van der Waals surface area contributed by atoms with E-state index in [1.807, 2.05) is 31.2 Å². The highest BCUT2D eigenvalue weighted by Gasteiger charge is 2.40.